The van der Waals surface area contributed by atoms with Gasteiger partial charge in [0.1, 0.15) is 11.3 Å². The summed E-state index contributed by atoms with van der Waals surface area (Å²) in [5.41, 5.74) is 3.32. The molecule has 0 aliphatic carbocycles. The first-order chi connectivity index (χ1) is 15.5. The Morgan fingerprint density at radius 3 is 2.31 bits per heavy atom. The van der Waals surface area contributed by atoms with Gasteiger partial charge in [0.05, 0.1) is 16.7 Å². The lowest BCUT2D eigenvalue weighted by Crippen LogP contribution is -2.19. The topological polar surface area (TPSA) is 92.1 Å². The molecule has 6 nitrogen and oxygen atoms in total. The molecule has 1 heterocycles. The molecule has 0 saturated heterocycles. The van der Waals surface area contributed by atoms with Gasteiger partial charge in [0.25, 0.3) is 0 Å². The van der Waals surface area contributed by atoms with Crippen molar-refractivity contribution in [1.29, 1.82) is 0 Å². The minimum Gasteiger partial charge on any atom is -0.507 e. The molecule has 3 N–H and O–H groups in total. The van der Waals surface area contributed by atoms with Crippen LogP contribution in [0.4, 0.5) is 5.69 Å². The standard InChI is InChI=1S/C26H25N3O3/c1-29(2)19-14-12-17(13-15-19)21(16-22(28-27)18-8-4-3-5-9-18)24-25(30)20-10-6-7-11-23(20)32-26(24)31/h3-15,21,30H,16,27H2,1-2H3. The number of rotatable bonds is 6. The molecule has 1 atom stereocenters. The zero-order valence-electron chi connectivity index (χ0n) is 18.0. The Morgan fingerprint density at radius 1 is 1.00 bits per heavy atom. The second-order valence-electron chi connectivity index (χ2n) is 7.83. The Bertz CT molecular complexity index is 1310. The summed E-state index contributed by atoms with van der Waals surface area (Å²) >= 11 is 0. The van der Waals surface area contributed by atoms with Crippen LogP contribution in [0, 0.1) is 0 Å². The van der Waals surface area contributed by atoms with Gasteiger partial charge >= 0.3 is 5.63 Å². The van der Waals surface area contributed by atoms with Crippen molar-refractivity contribution in [3.05, 3.63) is 106 Å². The molecule has 0 saturated carbocycles. The minimum absolute atomic E-state index is 0.0806. The summed E-state index contributed by atoms with van der Waals surface area (Å²) in [5, 5.41) is 15.6. The highest BCUT2D eigenvalue weighted by Crippen LogP contribution is 2.37. The Kier molecular flexibility index (Phi) is 5.94. The number of anilines is 1. The SMILES string of the molecule is CN(C)c1ccc(C(CC(=NN)c2ccccc2)c2c(O)c3ccccc3oc2=O)cc1. The van der Waals surface area contributed by atoms with E-state index in [0.29, 0.717) is 23.1 Å². The maximum Gasteiger partial charge on any atom is 0.343 e. The Labute approximate surface area is 186 Å². The van der Waals surface area contributed by atoms with E-state index in [1.54, 1.807) is 24.3 Å². The van der Waals surface area contributed by atoms with Gasteiger partial charge < -0.3 is 20.3 Å². The van der Waals surface area contributed by atoms with Gasteiger partial charge in [-0.25, -0.2) is 4.79 Å². The lowest BCUT2D eigenvalue weighted by atomic mass is 9.85. The monoisotopic (exact) mass is 427 g/mol. The molecule has 0 aliphatic rings. The maximum absolute atomic E-state index is 13.0. The highest BCUT2D eigenvalue weighted by Gasteiger charge is 2.27. The number of nitrogens with zero attached hydrogens (tertiary/aromatic N) is 2. The average Bonchev–Trinajstić information content (AvgIpc) is 2.82. The smallest absolute Gasteiger partial charge is 0.343 e. The maximum atomic E-state index is 13.0. The molecular formula is C26H25N3O3. The molecule has 1 aromatic heterocycles. The Balaban J connectivity index is 1.88. The quantitative estimate of drug-likeness (QED) is 0.205. The summed E-state index contributed by atoms with van der Waals surface area (Å²) < 4.78 is 5.56. The fourth-order valence-corrected chi connectivity index (χ4v) is 3.92. The number of para-hydroxylation sites is 1. The zero-order chi connectivity index (χ0) is 22.7. The molecule has 1 unspecified atom stereocenters. The molecule has 4 rings (SSSR count). The van der Waals surface area contributed by atoms with Gasteiger partial charge in [-0.15, -0.1) is 0 Å². The fourth-order valence-electron chi connectivity index (χ4n) is 3.92. The van der Waals surface area contributed by atoms with Gasteiger partial charge in [-0.2, -0.15) is 5.10 Å². The van der Waals surface area contributed by atoms with E-state index in [1.807, 2.05) is 73.6 Å². The highest BCUT2D eigenvalue weighted by molar-refractivity contribution is 6.01. The van der Waals surface area contributed by atoms with Gasteiger partial charge in [0.15, 0.2) is 0 Å². The van der Waals surface area contributed by atoms with Gasteiger partial charge in [0.2, 0.25) is 0 Å². The zero-order valence-corrected chi connectivity index (χ0v) is 18.0. The van der Waals surface area contributed by atoms with E-state index < -0.39 is 11.5 Å². The number of hydrogen-bond donors (Lipinski definition) is 2. The molecule has 32 heavy (non-hydrogen) atoms. The van der Waals surface area contributed by atoms with E-state index in [2.05, 4.69) is 5.10 Å². The van der Waals surface area contributed by atoms with Crippen LogP contribution >= 0.6 is 0 Å². The summed E-state index contributed by atoms with van der Waals surface area (Å²) in [4.78, 5) is 15.0. The van der Waals surface area contributed by atoms with Crippen LogP contribution < -0.4 is 16.4 Å². The number of hydrazone groups is 1. The van der Waals surface area contributed by atoms with Crippen LogP contribution in [0.5, 0.6) is 5.75 Å². The van der Waals surface area contributed by atoms with Crippen LogP contribution in [0.25, 0.3) is 11.0 Å². The molecule has 0 amide bonds. The van der Waals surface area contributed by atoms with Gasteiger partial charge in [0, 0.05) is 32.1 Å². The predicted molar refractivity (Wildman–Crippen MR) is 129 cm³/mol. The molecule has 3 aromatic carbocycles. The van der Waals surface area contributed by atoms with Gasteiger partial charge in [-0.05, 0) is 35.4 Å². The van der Waals surface area contributed by atoms with Crippen LogP contribution in [0.15, 0.2) is 93.2 Å². The third-order valence-corrected chi connectivity index (χ3v) is 5.64. The van der Waals surface area contributed by atoms with Crippen LogP contribution in [0.1, 0.15) is 29.0 Å². The second-order valence-corrected chi connectivity index (χ2v) is 7.83. The first-order valence-electron chi connectivity index (χ1n) is 10.3. The van der Waals surface area contributed by atoms with Crippen LogP contribution in [0.2, 0.25) is 0 Å². The lowest BCUT2D eigenvalue weighted by Gasteiger charge is -2.21. The van der Waals surface area contributed by atoms with Gasteiger partial charge in [-0.1, -0.05) is 54.6 Å². The van der Waals surface area contributed by atoms with Crippen LogP contribution in [0.3, 0.4) is 0 Å². The van der Waals surface area contributed by atoms with E-state index in [-0.39, 0.29) is 11.3 Å². The van der Waals surface area contributed by atoms with Crippen molar-refractivity contribution in [1.82, 2.24) is 0 Å². The molecule has 0 radical (unpaired) electrons. The van der Waals surface area contributed by atoms with E-state index in [0.717, 1.165) is 16.8 Å². The molecule has 4 aromatic rings. The number of aromatic hydroxyl groups is 1. The van der Waals surface area contributed by atoms with Crippen molar-refractivity contribution in [2.45, 2.75) is 12.3 Å². The van der Waals surface area contributed by atoms with Crippen molar-refractivity contribution < 1.29 is 9.52 Å². The third kappa shape index (κ3) is 4.07. The number of nitrogens with two attached hydrogens (primary N) is 1. The lowest BCUT2D eigenvalue weighted by molar-refractivity contribution is 0.452. The van der Waals surface area contributed by atoms with Crippen molar-refractivity contribution in [3.63, 3.8) is 0 Å². The fraction of sp³-hybridized carbons (Fsp3) is 0.154. The van der Waals surface area contributed by atoms with Crippen LogP contribution in [-0.2, 0) is 0 Å². The van der Waals surface area contributed by atoms with E-state index in [4.69, 9.17) is 10.3 Å². The molecular weight excluding hydrogens is 402 g/mol. The van der Waals surface area contributed by atoms with Crippen molar-refractivity contribution in [2.75, 3.05) is 19.0 Å². The summed E-state index contributed by atoms with van der Waals surface area (Å²) in [7, 11) is 3.93. The molecule has 6 heteroatoms. The normalized spacial score (nSPS) is 12.6. The summed E-state index contributed by atoms with van der Waals surface area (Å²) in [6, 6.07) is 24.4. The Hall–Kier alpha value is -4.06. The molecule has 0 fully saturated rings. The molecule has 0 aliphatic heterocycles. The minimum atomic E-state index is -0.577. The summed E-state index contributed by atoms with van der Waals surface area (Å²) in [5.74, 6) is 5.17. The van der Waals surface area contributed by atoms with E-state index in [1.165, 1.54) is 0 Å². The second kappa shape index (κ2) is 8.98. The first kappa shape index (κ1) is 21.2. The van der Waals surface area contributed by atoms with E-state index in [9.17, 15) is 9.90 Å². The largest absolute Gasteiger partial charge is 0.507 e. The number of benzene rings is 3. The van der Waals surface area contributed by atoms with Crippen molar-refractivity contribution in [3.8, 4) is 5.75 Å². The van der Waals surface area contributed by atoms with Crippen LogP contribution in [-0.4, -0.2) is 24.9 Å². The van der Waals surface area contributed by atoms with Gasteiger partial charge in [-0.3, -0.25) is 0 Å². The number of hydrogen-bond acceptors (Lipinski definition) is 6. The van der Waals surface area contributed by atoms with Crippen molar-refractivity contribution in [2.24, 2.45) is 10.9 Å². The molecule has 0 bridgehead atoms. The average molecular weight is 428 g/mol. The predicted octanol–water partition coefficient (Wildman–Crippen LogP) is 4.45. The Morgan fingerprint density at radius 2 is 1.66 bits per heavy atom. The summed E-state index contributed by atoms with van der Waals surface area (Å²) in [6.07, 6.45) is 0.318. The summed E-state index contributed by atoms with van der Waals surface area (Å²) in [6.45, 7) is 0. The highest BCUT2D eigenvalue weighted by atomic mass is 16.4. The first-order valence-corrected chi connectivity index (χ1v) is 10.3. The molecule has 162 valence electrons. The third-order valence-electron chi connectivity index (χ3n) is 5.64. The van der Waals surface area contributed by atoms with Crippen molar-refractivity contribution >= 4 is 22.4 Å². The molecule has 0 spiro atoms. The van der Waals surface area contributed by atoms with E-state index >= 15 is 0 Å². The number of fused-ring (bicyclic) bond motifs is 1.